The van der Waals surface area contributed by atoms with E-state index in [1.165, 1.54) is 143 Å². The lowest BCUT2D eigenvalue weighted by atomic mass is 9.32. The van der Waals surface area contributed by atoms with Crippen molar-refractivity contribution in [2.24, 2.45) is 0 Å². The van der Waals surface area contributed by atoms with Gasteiger partial charge in [0.15, 0.2) is 0 Å². The molecule has 0 bridgehead atoms. The number of benzene rings is 6. The van der Waals surface area contributed by atoms with E-state index in [0.717, 1.165) is 6.42 Å². The zero-order valence-electron chi connectivity index (χ0n) is 43.7. The zero-order valence-corrected chi connectivity index (χ0v) is 43.7. The molecule has 2 nitrogen and oxygen atoms in total. The third-order valence-corrected chi connectivity index (χ3v) is 18.9. The minimum Gasteiger partial charge on any atom is -0.311 e. The van der Waals surface area contributed by atoms with Crippen LogP contribution in [0.15, 0.2) is 91.0 Å². The van der Waals surface area contributed by atoms with Crippen molar-refractivity contribution in [1.82, 2.24) is 0 Å². The van der Waals surface area contributed by atoms with E-state index in [1.54, 1.807) is 0 Å². The van der Waals surface area contributed by atoms with E-state index in [-0.39, 0.29) is 44.6 Å². The summed E-state index contributed by atoms with van der Waals surface area (Å²) < 4.78 is 0. The first-order valence-electron chi connectivity index (χ1n) is 25.8. The zero-order chi connectivity index (χ0) is 47.5. The SMILES string of the molecule is Cc1cc2c3c(c1)N(c1cccc4c1C(C)(C)c1ccccc1-4)c1cc4c(cc1B3c1cc3c(cc1N2c1cc2c(cc1C)C(C)(C)CCC2(C)C)C(C)(C)CC3(C)C)C(C)(C)CCC4(C)C. The standard InChI is InChI=1S/C64H73BN2/c1-37-28-54-57-55(29-37)67(51-33-45-42(30-38(51)2)58(3,4)24-26-60(45,7)8)53-35-47-44(62(11,12)36-63(47,13)14)32-49(53)65(57)48-31-43-46(61(9,10)27-25-59(43,5)6)34-52(48)66(54)50-23-19-21-40-39-20-17-18-22-41(39)64(15,16)56(40)50/h17-23,28-35H,24-27,36H2,1-16H3. The molecule has 0 aromatic heterocycles. The van der Waals surface area contributed by atoms with Crippen LogP contribution in [0.2, 0.25) is 0 Å². The first-order valence-corrected chi connectivity index (χ1v) is 25.8. The lowest BCUT2D eigenvalue weighted by Crippen LogP contribution is -2.62. The molecule has 0 fully saturated rings. The van der Waals surface area contributed by atoms with Gasteiger partial charge in [-0.05, 0) is 198 Å². The van der Waals surface area contributed by atoms with Crippen LogP contribution in [0.3, 0.4) is 0 Å². The van der Waals surface area contributed by atoms with Gasteiger partial charge in [-0.2, -0.15) is 0 Å². The van der Waals surface area contributed by atoms with Gasteiger partial charge >= 0.3 is 0 Å². The second-order valence-corrected chi connectivity index (χ2v) is 26.8. The maximum Gasteiger partial charge on any atom is 0.252 e. The first kappa shape index (κ1) is 43.3. The molecule has 3 heteroatoms. The number of hydrogen-bond donors (Lipinski definition) is 0. The molecule has 0 saturated carbocycles. The number of anilines is 6. The van der Waals surface area contributed by atoms with E-state index in [0.29, 0.717) is 0 Å². The molecule has 0 amide bonds. The van der Waals surface area contributed by atoms with Crippen molar-refractivity contribution in [3.63, 3.8) is 0 Å². The molecule has 0 spiro atoms. The van der Waals surface area contributed by atoms with Gasteiger partial charge in [0.25, 0.3) is 6.71 Å². The van der Waals surface area contributed by atoms with Crippen LogP contribution < -0.4 is 26.2 Å². The molecular weight excluding hydrogens is 808 g/mol. The molecule has 0 saturated heterocycles. The third kappa shape index (κ3) is 5.76. The summed E-state index contributed by atoms with van der Waals surface area (Å²) in [5.41, 5.74) is 30.0. The van der Waals surface area contributed by atoms with Gasteiger partial charge in [-0.25, -0.2) is 0 Å². The summed E-state index contributed by atoms with van der Waals surface area (Å²) in [5.74, 6) is 0. The van der Waals surface area contributed by atoms with E-state index < -0.39 is 0 Å². The Labute approximate surface area is 403 Å². The topological polar surface area (TPSA) is 6.48 Å². The molecule has 12 rings (SSSR count). The number of nitrogens with zero attached hydrogens (tertiary/aromatic N) is 2. The van der Waals surface area contributed by atoms with Crippen molar-refractivity contribution in [2.45, 2.75) is 181 Å². The second-order valence-electron chi connectivity index (χ2n) is 26.8. The molecular formula is C64H73BN2. The molecule has 67 heavy (non-hydrogen) atoms. The quantitative estimate of drug-likeness (QED) is 0.160. The van der Waals surface area contributed by atoms with Crippen LogP contribution in [-0.2, 0) is 37.9 Å². The highest BCUT2D eigenvalue weighted by molar-refractivity contribution is 7.00. The highest BCUT2D eigenvalue weighted by atomic mass is 15.2. The van der Waals surface area contributed by atoms with Gasteiger partial charge in [0.05, 0.1) is 5.69 Å². The van der Waals surface area contributed by atoms with Gasteiger partial charge in [0, 0.05) is 33.9 Å². The molecule has 2 heterocycles. The van der Waals surface area contributed by atoms with E-state index in [9.17, 15) is 0 Å². The summed E-state index contributed by atoms with van der Waals surface area (Å²) in [5, 5.41) is 0. The van der Waals surface area contributed by atoms with Crippen LogP contribution >= 0.6 is 0 Å². The number of fused-ring (bicyclic) bond motifs is 10. The summed E-state index contributed by atoms with van der Waals surface area (Å²) in [4.78, 5) is 5.52. The van der Waals surface area contributed by atoms with Crippen molar-refractivity contribution >= 4 is 57.2 Å². The third-order valence-electron chi connectivity index (χ3n) is 18.9. The Morgan fingerprint density at radius 2 is 0.821 bits per heavy atom. The van der Waals surface area contributed by atoms with Gasteiger partial charge < -0.3 is 9.80 Å². The smallest absolute Gasteiger partial charge is 0.252 e. The molecule has 0 radical (unpaired) electrons. The Kier molecular flexibility index (Phi) is 8.52. The van der Waals surface area contributed by atoms with Crippen LogP contribution in [-0.4, -0.2) is 6.71 Å². The molecule has 6 aromatic carbocycles. The number of rotatable bonds is 2. The Hall–Kier alpha value is -5.02. The van der Waals surface area contributed by atoms with Crippen molar-refractivity contribution in [3.8, 4) is 11.1 Å². The fourth-order valence-corrected chi connectivity index (χ4v) is 15.1. The van der Waals surface area contributed by atoms with E-state index in [1.807, 2.05) is 0 Å². The van der Waals surface area contributed by atoms with Crippen LogP contribution in [0, 0.1) is 13.8 Å². The van der Waals surface area contributed by atoms with Gasteiger partial charge in [-0.15, -0.1) is 0 Å². The predicted octanol–water partition coefficient (Wildman–Crippen LogP) is 15.3. The minimum atomic E-state index is -0.183. The predicted molar refractivity (Wildman–Crippen MR) is 289 cm³/mol. The highest BCUT2D eigenvalue weighted by Crippen LogP contribution is 2.58. The molecule has 0 atom stereocenters. The normalized spacial score (nSPS) is 21.6. The maximum atomic E-state index is 2.76. The van der Waals surface area contributed by atoms with Crippen LogP contribution in [0.5, 0.6) is 0 Å². The second kappa shape index (κ2) is 13.2. The summed E-state index contributed by atoms with van der Waals surface area (Å²) in [6, 6.07) is 37.5. The van der Waals surface area contributed by atoms with Gasteiger partial charge in [0.2, 0.25) is 0 Å². The number of aryl methyl sites for hydroxylation is 2. The van der Waals surface area contributed by atoms with Crippen LogP contribution in [0.1, 0.15) is 185 Å². The lowest BCUT2D eigenvalue weighted by molar-refractivity contribution is 0.332. The average Bonchev–Trinajstić information content (AvgIpc) is 3.60. The van der Waals surface area contributed by atoms with Gasteiger partial charge in [-0.1, -0.05) is 152 Å². The molecule has 6 aliphatic rings. The monoisotopic (exact) mass is 881 g/mol. The van der Waals surface area contributed by atoms with E-state index in [4.69, 9.17) is 0 Å². The Morgan fingerprint density at radius 3 is 1.37 bits per heavy atom. The minimum absolute atomic E-state index is 0.0573. The summed E-state index contributed by atoms with van der Waals surface area (Å²) in [6.07, 6.45) is 5.91. The highest BCUT2D eigenvalue weighted by Gasteiger charge is 2.51. The van der Waals surface area contributed by atoms with Crippen molar-refractivity contribution < 1.29 is 0 Å². The van der Waals surface area contributed by atoms with Crippen LogP contribution in [0.25, 0.3) is 11.1 Å². The molecule has 0 N–H and O–H groups in total. The molecule has 2 aliphatic heterocycles. The van der Waals surface area contributed by atoms with E-state index in [2.05, 4.69) is 212 Å². The van der Waals surface area contributed by atoms with E-state index >= 15 is 0 Å². The summed E-state index contributed by atoms with van der Waals surface area (Å²) in [6.45, 7) is 39.7. The van der Waals surface area contributed by atoms with Crippen molar-refractivity contribution in [3.05, 3.63) is 147 Å². The average molecular weight is 881 g/mol. The fraction of sp³-hybridized carbons (Fsp3) is 0.438. The molecule has 342 valence electrons. The summed E-state index contributed by atoms with van der Waals surface area (Å²) >= 11 is 0. The van der Waals surface area contributed by atoms with Crippen molar-refractivity contribution in [1.29, 1.82) is 0 Å². The molecule has 0 unspecified atom stereocenters. The van der Waals surface area contributed by atoms with Gasteiger partial charge in [0.1, 0.15) is 0 Å². The van der Waals surface area contributed by atoms with Gasteiger partial charge in [-0.3, -0.25) is 0 Å². The largest absolute Gasteiger partial charge is 0.311 e. The molecule has 6 aromatic rings. The Balaban J connectivity index is 1.23. The van der Waals surface area contributed by atoms with Crippen molar-refractivity contribution in [2.75, 3.05) is 9.80 Å². The fourth-order valence-electron chi connectivity index (χ4n) is 15.1. The molecule has 4 aliphatic carbocycles. The lowest BCUT2D eigenvalue weighted by Gasteiger charge is -2.48. The Morgan fingerprint density at radius 1 is 0.388 bits per heavy atom. The first-order chi connectivity index (χ1) is 31.3. The van der Waals surface area contributed by atoms with Crippen LogP contribution in [0.4, 0.5) is 34.1 Å². The maximum absolute atomic E-state index is 2.76. The summed E-state index contributed by atoms with van der Waals surface area (Å²) in [7, 11) is 0. The number of hydrogen-bond acceptors (Lipinski definition) is 2. The Bertz CT molecular complexity index is 3180.